The van der Waals surface area contributed by atoms with Gasteiger partial charge in [-0.2, -0.15) is 0 Å². The zero-order chi connectivity index (χ0) is 10.7. The van der Waals surface area contributed by atoms with Crippen LogP contribution in [0.4, 0.5) is 4.79 Å². The van der Waals surface area contributed by atoms with Crippen molar-refractivity contribution in [1.29, 1.82) is 0 Å². The number of likely N-dealkylation sites (N-methyl/N-ethyl adjacent to an activating group) is 1. The molecule has 1 unspecified atom stereocenters. The average Bonchev–Trinajstić information content (AvgIpc) is 2.81. The number of nitrogens with zero attached hydrogens (tertiary/aromatic N) is 2. The lowest BCUT2D eigenvalue weighted by Crippen LogP contribution is -2.51. The van der Waals surface area contributed by atoms with Crippen molar-refractivity contribution < 1.29 is 4.79 Å². The summed E-state index contributed by atoms with van der Waals surface area (Å²) >= 11 is 0. The van der Waals surface area contributed by atoms with E-state index in [1.54, 1.807) is 0 Å². The predicted molar refractivity (Wildman–Crippen MR) is 59.9 cm³/mol. The Balaban J connectivity index is 1.88. The molecule has 0 aliphatic carbocycles. The molecule has 2 aliphatic heterocycles. The summed E-state index contributed by atoms with van der Waals surface area (Å²) in [6, 6.07) is 0.748. The van der Waals surface area contributed by atoms with Gasteiger partial charge in [0.25, 0.3) is 0 Å². The second kappa shape index (κ2) is 4.84. The van der Waals surface area contributed by atoms with Gasteiger partial charge in [0.05, 0.1) is 0 Å². The number of rotatable bonds is 1. The first-order valence-corrected chi connectivity index (χ1v) is 6.02. The molecule has 1 N–H and O–H groups in total. The Morgan fingerprint density at radius 1 is 1.13 bits per heavy atom. The SMILES string of the molecule is CNC1CCCN(C(=O)N2CCCC2)C1. The fourth-order valence-electron chi connectivity index (χ4n) is 2.49. The fourth-order valence-corrected chi connectivity index (χ4v) is 2.49. The highest BCUT2D eigenvalue weighted by Crippen LogP contribution is 2.15. The molecule has 0 saturated carbocycles. The van der Waals surface area contributed by atoms with E-state index in [4.69, 9.17) is 0 Å². The Bertz CT molecular complexity index is 226. The number of carbonyl (C=O) groups is 1. The summed E-state index contributed by atoms with van der Waals surface area (Å²) < 4.78 is 0. The highest BCUT2D eigenvalue weighted by Gasteiger charge is 2.27. The van der Waals surface area contributed by atoms with Gasteiger partial charge in [-0.15, -0.1) is 0 Å². The highest BCUT2D eigenvalue weighted by molar-refractivity contribution is 5.74. The molecule has 0 aromatic rings. The summed E-state index contributed by atoms with van der Waals surface area (Å²) in [5, 5.41) is 3.27. The number of piperidine rings is 1. The molecule has 2 saturated heterocycles. The number of carbonyl (C=O) groups excluding carboxylic acids is 1. The third kappa shape index (κ3) is 2.43. The minimum atomic E-state index is 0.257. The second-order valence-electron chi connectivity index (χ2n) is 4.55. The Morgan fingerprint density at radius 3 is 2.47 bits per heavy atom. The van der Waals surface area contributed by atoms with Crippen molar-refractivity contribution in [1.82, 2.24) is 15.1 Å². The van der Waals surface area contributed by atoms with Gasteiger partial charge in [0.15, 0.2) is 0 Å². The molecule has 15 heavy (non-hydrogen) atoms. The Morgan fingerprint density at radius 2 is 1.80 bits per heavy atom. The topological polar surface area (TPSA) is 35.6 Å². The zero-order valence-corrected chi connectivity index (χ0v) is 9.54. The van der Waals surface area contributed by atoms with E-state index < -0.39 is 0 Å². The summed E-state index contributed by atoms with van der Waals surface area (Å²) in [5.74, 6) is 0. The van der Waals surface area contributed by atoms with Gasteiger partial charge in [0.2, 0.25) is 0 Å². The lowest BCUT2D eigenvalue weighted by atomic mass is 10.1. The van der Waals surface area contributed by atoms with Crippen molar-refractivity contribution in [3.8, 4) is 0 Å². The van der Waals surface area contributed by atoms with E-state index in [1.165, 1.54) is 19.3 Å². The fraction of sp³-hybridized carbons (Fsp3) is 0.909. The molecule has 2 amide bonds. The van der Waals surface area contributed by atoms with E-state index >= 15 is 0 Å². The minimum Gasteiger partial charge on any atom is -0.325 e. The first-order chi connectivity index (χ1) is 7.31. The largest absolute Gasteiger partial charge is 0.325 e. The Kier molecular flexibility index (Phi) is 3.46. The maximum absolute atomic E-state index is 12.1. The molecule has 0 spiro atoms. The first kappa shape index (κ1) is 10.7. The molecule has 86 valence electrons. The van der Waals surface area contributed by atoms with Crippen LogP contribution in [-0.4, -0.2) is 55.1 Å². The summed E-state index contributed by atoms with van der Waals surface area (Å²) in [6.07, 6.45) is 4.68. The van der Waals surface area contributed by atoms with Crippen LogP contribution < -0.4 is 5.32 Å². The minimum absolute atomic E-state index is 0.257. The third-order valence-corrected chi connectivity index (χ3v) is 3.48. The molecule has 4 heteroatoms. The maximum Gasteiger partial charge on any atom is 0.320 e. The molecule has 0 aromatic carbocycles. The normalized spacial score (nSPS) is 27.1. The van der Waals surface area contributed by atoms with Gasteiger partial charge in [-0.1, -0.05) is 0 Å². The van der Waals surface area contributed by atoms with Crippen LogP contribution in [0.3, 0.4) is 0 Å². The number of hydrogen-bond acceptors (Lipinski definition) is 2. The molecular weight excluding hydrogens is 190 g/mol. The van der Waals surface area contributed by atoms with E-state index in [0.717, 1.165) is 32.6 Å². The predicted octanol–water partition coefficient (Wildman–Crippen LogP) is 0.886. The molecule has 2 heterocycles. The molecule has 1 atom stereocenters. The van der Waals surface area contributed by atoms with Crippen LogP contribution in [0.2, 0.25) is 0 Å². The number of urea groups is 1. The van der Waals surface area contributed by atoms with Crippen molar-refractivity contribution in [2.45, 2.75) is 31.7 Å². The van der Waals surface area contributed by atoms with Crippen LogP contribution in [0.15, 0.2) is 0 Å². The van der Waals surface area contributed by atoms with Crippen molar-refractivity contribution in [3.63, 3.8) is 0 Å². The van der Waals surface area contributed by atoms with Crippen molar-refractivity contribution in [3.05, 3.63) is 0 Å². The van der Waals surface area contributed by atoms with Crippen LogP contribution in [0.1, 0.15) is 25.7 Å². The summed E-state index contributed by atoms with van der Waals surface area (Å²) in [5.41, 5.74) is 0. The van der Waals surface area contributed by atoms with E-state index in [1.807, 2.05) is 16.8 Å². The molecule has 2 aliphatic rings. The van der Waals surface area contributed by atoms with Gasteiger partial charge in [0.1, 0.15) is 0 Å². The van der Waals surface area contributed by atoms with E-state index in [9.17, 15) is 4.79 Å². The van der Waals surface area contributed by atoms with E-state index in [-0.39, 0.29) is 6.03 Å². The van der Waals surface area contributed by atoms with Gasteiger partial charge in [0, 0.05) is 32.2 Å². The lowest BCUT2D eigenvalue weighted by molar-refractivity contribution is 0.143. The van der Waals surface area contributed by atoms with Crippen LogP contribution in [0.5, 0.6) is 0 Å². The lowest BCUT2D eigenvalue weighted by Gasteiger charge is -2.35. The molecule has 2 rings (SSSR count). The molecule has 2 fully saturated rings. The smallest absolute Gasteiger partial charge is 0.320 e. The molecular formula is C11H21N3O. The van der Waals surface area contributed by atoms with Crippen LogP contribution in [-0.2, 0) is 0 Å². The van der Waals surface area contributed by atoms with Crippen molar-refractivity contribution >= 4 is 6.03 Å². The van der Waals surface area contributed by atoms with E-state index in [0.29, 0.717) is 6.04 Å². The number of amides is 2. The Labute approximate surface area is 91.6 Å². The van der Waals surface area contributed by atoms with Gasteiger partial charge in [-0.05, 0) is 32.7 Å². The summed E-state index contributed by atoms with van der Waals surface area (Å²) in [4.78, 5) is 16.1. The number of nitrogens with one attached hydrogen (secondary N) is 1. The van der Waals surface area contributed by atoms with Crippen LogP contribution in [0, 0.1) is 0 Å². The quantitative estimate of drug-likeness (QED) is 0.699. The highest BCUT2D eigenvalue weighted by atomic mass is 16.2. The first-order valence-electron chi connectivity index (χ1n) is 6.02. The Hall–Kier alpha value is -0.770. The van der Waals surface area contributed by atoms with Crippen molar-refractivity contribution in [2.24, 2.45) is 0 Å². The monoisotopic (exact) mass is 211 g/mol. The van der Waals surface area contributed by atoms with Crippen molar-refractivity contribution in [2.75, 3.05) is 33.2 Å². The molecule has 0 bridgehead atoms. The molecule has 0 aromatic heterocycles. The average molecular weight is 211 g/mol. The summed E-state index contributed by atoms with van der Waals surface area (Å²) in [6.45, 7) is 3.73. The summed E-state index contributed by atoms with van der Waals surface area (Å²) in [7, 11) is 1.98. The van der Waals surface area contributed by atoms with Gasteiger partial charge in [-0.3, -0.25) is 0 Å². The van der Waals surface area contributed by atoms with Gasteiger partial charge in [-0.25, -0.2) is 4.79 Å². The standard InChI is InChI=1S/C11H21N3O/c1-12-10-5-4-8-14(9-10)11(15)13-6-2-3-7-13/h10,12H,2-9H2,1H3. The third-order valence-electron chi connectivity index (χ3n) is 3.48. The maximum atomic E-state index is 12.1. The van der Waals surface area contributed by atoms with Crippen LogP contribution in [0.25, 0.3) is 0 Å². The van der Waals surface area contributed by atoms with Gasteiger partial charge >= 0.3 is 6.03 Å². The second-order valence-corrected chi connectivity index (χ2v) is 4.55. The zero-order valence-electron chi connectivity index (χ0n) is 9.54. The number of likely N-dealkylation sites (tertiary alicyclic amines) is 2. The van der Waals surface area contributed by atoms with E-state index in [2.05, 4.69) is 5.32 Å². The molecule has 0 radical (unpaired) electrons. The van der Waals surface area contributed by atoms with Crippen LogP contribution >= 0.6 is 0 Å². The number of hydrogen-bond donors (Lipinski definition) is 1. The molecule has 4 nitrogen and oxygen atoms in total. The van der Waals surface area contributed by atoms with Gasteiger partial charge < -0.3 is 15.1 Å².